The Morgan fingerprint density at radius 2 is 1.80 bits per heavy atom. The van der Waals surface area contributed by atoms with Crippen LogP contribution in [0.25, 0.3) is 0 Å². The predicted molar refractivity (Wildman–Crippen MR) is 84.6 cm³/mol. The molecule has 2 aromatic rings. The van der Waals surface area contributed by atoms with E-state index in [2.05, 4.69) is 24.4 Å². The van der Waals surface area contributed by atoms with Gasteiger partial charge >= 0.3 is 0 Å². The van der Waals surface area contributed by atoms with Crippen molar-refractivity contribution in [2.75, 3.05) is 6.54 Å². The molecule has 4 heteroatoms. The zero-order chi connectivity index (χ0) is 14.4. The van der Waals surface area contributed by atoms with Gasteiger partial charge in [0, 0.05) is 12.1 Å². The van der Waals surface area contributed by atoms with E-state index in [1.54, 1.807) is 6.07 Å². The van der Waals surface area contributed by atoms with Crippen molar-refractivity contribution in [2.24, 2.45) is 0 Å². The van der Waals surface area contributed by atoms with Crippen molar-refractivity contribution in [3.63, 3.8) is 0 Å². The monoisotopic (exact) mass is 309 g/mol. The SMILES string of the molecule is CCNCc1ccc(OCc2cccc(Cl)c2Cl)cc1. The van der Waals surface area contributed by atoms with Crippen LogP contribution in [0.5, 0.6) is 5.75 Å². The second-order valence-corrected chi connectivity index (χ2v) is 5.21. The van der Waals surface area contributed by atoms with Crippen LogP contribution in [0.3, 0.4) is 0 Å². The molecule has 2 nitrogen and oxygen atoms in total. The molecule has 0 aromatic heterocycles. The molecule has 0 saturated heterocycles. The molecule has 0 atom stereocenters. The van der Waals surface area contributed by atoms with E-state index in [0.717, 1.165) is 24.4 Å². The molecule has 0 heterocycles. The quantitative estimate of drug-likeness (QED) is 0.836. The summed E-state index contributed by atoms with van der Waals surface area (Å²) in [6.07, 6.45) is 0. The molecule has 2 aromatic carbocycles. The first-order chi connectivity index (χ1) is 9.70. The van der Waals surface area contributed by atoms with Crippen LogP contribution in [-0.2, 0) is 13.2 Å². The van der Waals surface area contributed by atoms with Gasteiger partial charge in [0.15, 0.2) is 0 Å². The fourth-order valence-corrected chi connectivity index (χ4v) is 2.17. The number of halogens is 2. The minimum Gasteiger partial charge on any atom is -0.489 e. The highest BCUT2D eigenvalue weighted by Crippen LogP contribution is 2.26. The molecule has 106 valence electrons. The summed E-state index contributed by atoms with van der Waals surface area (Å²) in [4.78, 5) is 0. The Kier molecular flexibility index (Phi) is 5.72. The molecule has 0 bridgehead atoms. The molecule has 0 amide bonds. The lowest BCUT2D eigenvalue weighted by atomic mass is 10.2. The van der Waals surface area contributed by atoms with Crippen molar-refractivity contribution >= 4 is 23.2 Å². The zero-order valence-corrected chi connectivity index (χ0v) is 12.8. The first-order valence-corrected chi connectivity index (χ1v) is 7.31. The molecular formula is C16H17Cl2NO. The van der Waals surface area contributed by atoms with Gasteiger partial charge in [-0.3, -0.25) is 0 Å². The fraction of sp³-hybridized carbons (Fsp3) is 0.250. The minimum atomic E-state index is 0.409. The van der Waals surface area contributed by atoms with Gasteiger partial charge in [0.05, 0.1) is 10.0 Å². The number of rotatable bonds is 6. The molecule has 0 unspecified atom stereocenters. The summed E-state index contributed by atoms with van der Waals surface area (Å²) in [5, 5.41) is 4.39. The molecule has 0 saturated carbocycles. The zero-order valence-electron chi connectivity index (χ0n) is 11.3. The summed E-state index contributed by atoms with van der Waals surface area (Å²) in [6.45, 7) is 4.33. The molecule has 0 aliphatic rings. The van der Waals surface area contributed by atoms with E-state index in [-0.39, 0.29) is 0 Å². The third kappa shape index (κ3) is 4.14. The standard InChI is InChI=1S/C16H17Cl2NO/c1-2-19-10-12-6-8-14(9-7-12)20-11-13-4-3-5-15(17)16(13)18/h3-9,19H,2,10-11H2,1H3. The smallest absolute Gasteiger partial charge is 0.119 e. The maximum absolute atomic E-state index is 6.12. The lowest BCUT2D eigenvalue weighted by molar-refractivity contribution is 0.306. The summed E-state index contributed by atoms with van der Waals surface area (Å²) in [5.74, 6) is 0.821. The van der Waals surface area contributed by atoms with Crippen molar-refractivity contribution in [3.8, 4) is 5.75 Å². The van der Waals surface area contributed by atoms with E-state index < -0.39 is 0 Å². The summed E-state index contributed by atoms with van der Waals surface area (Å²) in [5.41, 5.74) is 2.12. The van der Waals surface area contributed by atoms with Gasteiger partial charge in [-0.25, -0.2) is 0 Å². The van der Waals surface area contributed by atoms with Gasteiger partial charge in [0.1, 0.15) is 12.4 Å². The molecule has 0 fully saturated rings. The maximum Gasteiger partial charge on any atom is 0.119 e. The Balaban J connectivity index is 1.95. The van der Waals surface area contributed by atoms with E-state index >= 15 is 0 Å². The molecule has 0 radical (unpaired) electrons. The van der Waals surface area contributed by atoms with Gasteiger partial charge in [-0.15, -0.1) is 0 Å². The van der Waals surface area contributed by atoms with Gasteiger partial charge in [-0.05, 0) is 30.3 Å². The average molecular weight is 310 g/mol. The van der Waals surface area contributed by atoms with Crippen molar-refractivity contribution < 1.29 is 4.74 Å². The van der Waals surface area contributed by atoms with Gasteiger partial charge in [0.2, 0.25) is 0 Å². The summed E-state index contributed by atoms with van der Waals surface area (Å²) < 4.78 is 5.72. The number of nitrogens with one attached hydrogen (secondary N) is 1. The molecule has 0 spiro atoms. The minimum absolute atomic E-state index is 0.409. The Hall–Kier alpha value is -1.22. The van der Waals surface area contributed by atoms with Crippen LogP contribution in [0.15, 0.2) is 42.5 Å². The van der Waals surface area contributed by atoms with E-state index in [9.17, 15) is 0 Å². The second-order valence-electron chi connectivity index (χ2n) is 4.43. The molecule has 0 aliphatic heterocycles. The van der Waals surface area contributed by atoms with E-state index in [1.165, 1.54) is 5.56 Å². The first-order valence-electron chi connectivity index (χ1n) is 6.56. The molecular weight excluding hydrogens is 293 g/mol. The van der Waals surface area contributed by atoms with Crippen LogP contribution in [-0.4, -0.2) is 6.54 Å². The molecule has 2 rings (SSSR count). The second kappa shape index (κ2) is 7.53. The number of benzene rings is 2. The van der Waals surface area contributed by atoms with Crippen LogP contribution in [0.1, 0.15) is 18.1 Å². The van der Waals surface area contributed by atoms with Gasteiger partial charge in [-0.1, -0.05) is 54.4 Å². The third-order valence-electron chi connectivity index (χ3n) is 2.93. The Bertz CT molecular complexity index is 555. The number of ether oxygens (including phenoxy) is 1. The van der Waals surface area contributed by atoms with Crippen molar-refractivity contribution in [1.82, 2.24) is 5.32 Å². The lowest BCUT2D eigenvalue weighted by Gasteiger charge is -2.09. The Labute approximate surface area is 129 Å². The van der Waals surface area contributed by atoms with Crippen LogP contribution < -0.4 is 10.1 Å². The topological polar surface area (TPSA) is 21.3 Å². The van der Waals surface area contributed by atoms with Crippen molar-refractivity contribution in [3.05, 3.63) is 63.6 Å². The van der Waals surface area contributed by atoms with Crippen LogP contribution in [0.4, 0.5) is 0 Å². The summed E-state index contributed by atoms with van der Waals surface area (Å²) in [6, 6.07) is 13.6. The summed E-state index contributed by atoms with van der Waals surface area (Å²) >= 11 is 12.1. The largest absolute Gasteiger partial charge is 0.489 e. The van der Waals surface area contributed by atoms with E-state index in [1.807, 2.05) is 24.3 Å². The van der Waals surface area contributed by atoms with Gasteiger partial charge < -0.3 is 10.1 Å². The maximum atomic E-state index is 6.12. The highest BCUT2D eigenvalue weighted by molar-refractivity contribution is 6.42. The van der Waals surface area contributed by atoms with Crippen LogP contribution in [0, 0.1) is 0 Å². The van der Waals surface area contributed by atoms with Crippen LogP contribution >= 0.6 is 23.2 Å². The highest BCUT2D eigenvalue weighted by atomic mass is 35.5. The fourth-order valence-electron chi connectivity index (χ4n) is 1.79. The average Bonchev–Trinajstić information content (AvgIpc) is 2.48. The molecule has 20 heavy (non-hydrogen) atoms. The number of hydrogen-bond acceptors (Lipinski definition) is 2. The van der Waals surface area contributed by atoms with Crippen molar-refractivity contribution in [2.45, 2.75) is 20.1 Å². The summed E-state index contributed by atoms with van der Waals surface area (Å²) in [7, 11) is 0. The van der Waals surface area contributed by atoms with Crippen molar-refractivity contribution in [1.29, 1.82) is 0 Å². The predicted octanol–water partition coefficient (Wildman–Crippen LogP) is 4.68. The Morgan fingerprint density at radius 1 is 1.05 bits per heavy atom. The van der Waals surface area contributed by atoms with Gasteiger partial charge in [-0.2, -0.15) is 0 Å². The van der Waals surface area contributed by atoms with Crippen LogP contribution in [0.2, 0.25) is 10.0 Å². The Morgan fingerprint density at radius 3 is 2.50 bits per heavy atom. The molecule has 1 N–H and O–H groups in total. The highest BCUT2D eigenvalue weighted by Gasteiger charge is 2.05. The van der Waals surface area contributed by atoms with Gasteiger partial charge in [0.25, 0.3) is 0 Å². The molecule has 0 aliphatic carbocycles. The van der Waals surface area contributed by atoms with E-state index in [0.29, 0.717) is 16.7 Å². The number of hydrogen-bond donors (Lipinski definition) is 1. The first kappa shape index (κ1) is 15.2. The lowest BCUT2D eigenvalue weighted by Crippen LogP contribution is -2.11. The third-order valence-corrected chi connectivity index (χ3v) is 3.79. The normalized spacial score (nSPS) is 10.6. The van der Waals surface area contributed by atoms with E-state index in [4.69, 9.17) is 27.9 Å².